The molecule has 0 aliphatic heterocycles. The molecule has 6 nitrogen and oxygen atoms in total. The zero-order chi connectivity index (χ0) is 40.3. The summed E-state index contributed by atoms with van der Waals surface area (Å²) in [6, 6.07) is -1.01. The van der Waals surface area contributed by atoms with E-state index >= 15 is 0 Å². The summed E-state index contributed by atoms with van der Waals surface area (Å²) in [6.07, 6.45) is 51.8. The minimum absolute atomic E-state index is 0.353. The molecule has 1 amide bonds. The van der Waals surface area contributed by atoms with Crippen LogP contribution in [0.15, 0.2) is 36.5 Å². The maximum Gasteiger partial charge on any atom is 0.249 e. The highest BCUT2D eigenvalue weighted by Crippen LogP contribution is 2.15. The lowest BCUT2D eigenvalue weighted by Gasteiger charge is -2.27. The lowest BCUT2D eigenvalue weighted by Crippen LogP contribution is -2.53. The zero-order valence-electron chi connectivity index (χ0n) is 36.4. The van der Waals surface area contributed by atoms with Crippen LogP contribution in [0.4, 0.5) is 0 Å². The lowest BCUT2D eigenvalue weighted by atomic mass is 10.00. The molecule has 4 unspecified atom stereocenters. The number of aliphatic hydroxyl groups excluding tert-OH is 4. The van der Waals surface area contributed by atoms with Crippen LogP contribution in [-0.2, 0) is 4.79 Å². The topological polar surface area (TPSA) is 110 Å². The Kier molecular flexibility index (Phi) is 42.5. The second-order valence-electron chi connectivity index (χ2n) is 16.4. The van der Waals surface area contributed by atoms with Gasteiger partial charge in [-0.3, -0.25) is 4.79 Å². The van der Waals surface area contributed by atoms with Gasteiger partial charge in [-0.25, -0.2) is 0 Å². The number of carbonyl (C=O) groups is 1. The van der Waals surface area contributed by atoms with Crippen LogP contribution in [0.2, 0.25) is 0 Å². The van der Waals surface area contributed by atoms with Gasteiger partial charge in [0.15, 0.2) is 0 Å². The molecular formula is C49H93NO5. The van der Waals surface area contributed by atoms with E-state index in [0.717, 1.165) is 51.4 Å². The maximum absolute atomic E-state index is 12.5. The van der Waals surface area contributed by atoms with Gasteiger partial charge in [0.1, 0.15) is 12.2 Å². The number of allylic oxidation sites excluding steroid dienone is 6. The minimum Gasteiger partial charge on any atom is -0.394 e. The zero-order valence-corrected chi connectivity index (χ0v) is 36.4. The molecule has 0 heterocycles. The second kappa shape index (κ2) is 43.6. The molecule has 0 saturated carbocycles. The lowest BCUT2D eigenvalue weighted by molar-refractivity contribution is -0.132. The van der Waals surface area contributed by atoms with Crippen molar-refractivity contribution in [2.75, 3.05) is 6.61 Å². The molecule has 0 spiro atoms. The molecular weight excluding hydrogens is 683 g/mol. The summed E-state index contributed by atoms with van der Waals surface area (Å²) in [5.74, 6) is -0.602. The molecule has 0 fully saturated rings. The van der Waals surface area contributed by atoms with Crippen LogP contribution in [0.25, 0.3) is 0 Å². The van der Waals surface area contributed by atoms with E-state index in [1.165, 1.54) is 154 Å². The van der Waals surface area contributed by atoms with Crippen LogP contribution in [0.3, 0.4) is 0 Å². The Hall–Kier alpha value is -1.47. The number of aliphatic hydroxyl groups is 4. The number of carbonyl (C=O) groups excluding carboxylic acids is 1. The van der Waals surface area contributed by atoms with Gasteiger partial charge in [-0.15, -0.1) is 0 Å². The number of rotatable bonds is 43. The Labute approximate surface area is 341 Å². The van der Waals surface area contributed by atoms with Crippen molar-refractivity contribution in [3.63, 3.8) is 0 Å². The first kappa shape index (κ1) is 53.5. The highest BCUT2D eigenvalue weighted by atomic mass is 16.3. The van der Waals surface area contributed by atoms with E-state index in [1.807, 2.05) is 0 Å². The van der Waals surface area contributed by atoms with E-state index in [-0.39, 0.29) is 0 Å². The van der Waals surface area contributed by atoms with Crippen LogP contribution in [0, 0.1) is 0 Å². The fourth-order valence-corrected chi connectivity index (χ4v) is 7.24. The molecule has 324 valence electrons. The van der Waals surface area contributed by atoms with E-state index < -0.39 is 36.9 Å². The molecule has 0 rings (SSSR count). The Morgan fingerprint density at radius 3 is 1.15 bits per heavy atom. The van der Waals surface area contributed by atoms with Gasteiger partial charge in [-0.2, -0.15) is 0 Å². The van der Waals surface area contributed by atoms with Gasteiger partial charge in [0, 0.05) is 0 Å². The van der Waals surface area contributed by atoms with Crippen molar-refractivity contribution in [2.24, 2.45) is 0 Å². The molecule has 0 aromatic heterocycles. The van der Waals surface area contributed by atoms with Gasteiger partial charge in [-0.05, 0) is 77.0 Å². The number of hydrogen-bond acceptors (Lipinski definition) is 5. The molecule has 4 atom stereocenters. The largest absolute Gasteiger partial charge is 0.394 e. The summed E-state index contributed by atoms with van der Waals surface area (Å²) < 4.78 is 0. The molecule has 0 bridgehead atoms. The van der Waals surface area contributed by atoms with Crippen molar-refractivity contribution < 1.29 is 25.2 Å². The van der Waals surface area contributed by atoms with E-state index in [4.69, 9.17) is 0 Å². The first-order valence-electron chi connectivity index (χ1n) is 23.9. The molecule has 55 heavy (non-hydrogen) atoms. The van der Waals surface area contributed by atoms with Gasteiger partial charge in [0.05, 0.1) is 18.8 Å². The van der Waals surface area contributed by atoms with E-state index in [0.29, 0.717) is 19.3 Å². The average Bonchev–Trinajstić information content (AvgIpc) is 3.19. The third kappa shape index (κ3) is 37.8. The van der Waals surface area contributed by atoms with Crippen LogP contribution >= 0.6 is 0 Å². The van der Waals surface area contributed by atoms with Gasteiger partial charge < -0.3 is 25.7 Å². The van der Waals surface area contributed by atoms with Crippen LogP contribution in [0.1, 0.15) is 239 Å². The number of amides is 1. The van der Waals surface area contributed by atoms with Gasteiger partial charge in [0.2, 0.25) is 5.91 Å². The molecule has 0 saturated heterocycles. The molecule has 5 N–H and O–H groups in total. The Morgan fingerprint density at radius 1 is 0.436 bits per heavy atom. The Balaban J connectivity index is 3.78. The molecule has 0 aliphatic carbocycles. The summed E-state index contributed by atoms with van der Waals surface area (Å²) in [5, 5.41) is 43.7. The van der Waals surface area contributed by atoms with E-state index in [1.54, 1.807) is 0 Å². The van der Waals surface area contributed by atoms with Crippen molar-refractivity contribution >= 4 is 5.91 Å². The third-order valence-corrected chi connectivity index (χ3v) is 11.1. The summed E-state index contributed by atoms with van der Waals surface area (Å²) in [6.45, 7) is 4.04. The van der Waals surface area contributed by atoms with Gasteiger partial charge in [-0.1, -0.05) is 198 Å². The first-order valence-corrected chi connectivity index (χ1v) is 23.9. The summed E-state index contributed by atoms with van der Waals surface area (Å²) in [4.78, 5) is 12.5. The van der Waals surface area contributed by atoms with Crippen LogP contribution < -0.4 is 5.32 Å². The summed E-state index contributed by atoms with van der Waals surface area (Å²) in [5.41, 5.74) is 0. The van der Waals surface area contributed by atoms with Crippen molar-refractivity contribution in [1.29, 1.82) is 0 Å². The molecule has 0 aliphatic rings. The molecule has 0 aromatic carbocycles. The quantitative estimate of drug-likeness (QED) is 0.0313. The fourth-order valence-electron chi connectivity index (χ4n) is 7.24. The Bertz CT molecular complexity index is 873. The number of unbranched alkanes of at least 4 members (excludes halogenated alkanes) is 28. The van der Waals surface area contributed by atoms with Crippen molar-refractivity contribution in [2.45, 2.75) is 263 Å². The SMILES string of the molecule is CCCCCCCCCC/C=C\CCCCCCCCC(O)C(=O)NC(CO)C(O)C(O)CCC/C=C/CC/C=C/CCCCCCCCCCCCCC. The van der Waals surface area contributed by atoms with Crippen molar-refractivity contribution in [3.8, 4) is 0 Å². The highest BCUT2D eigenvalue weighted by Gasteiger charge is 2.28. The highest BCUT2D eigenvalue weighted by molar-refractivity contribution is 5.80. The number of nitrogens with one attached hydrogen (secondary N) is 1. The monoisotopic (exact) mass is 776 g/mol. The summed E-state index contributed by atoms with van der Waals surface area (Å²) in [7, 11) is 0. The van der Waals surface area contributed by atoms with E-state index in [9.17, 15) is 25.2 Å². The van der Waals surface area contributed by atoms with Crippen LogP contribution in [-0.4, -0.2) is 57.3 Å². The maximum atomic E-state index is 12.5. The predicted octanol–water partition coefficient (Wildman–Crippen LogP) is 12.9. The standard InChI is InChI=1S/C49H93NO5/c1-3-5-7-9-11-13-15-17-19-21-23-24-25-27-28-30-32-34-36-38-40-42-46(52)48(54)45(44-51)50-49(55)47(53)43-41-39-37-35-33-31-29-26-22-20-18-16-14-12-10-8-6-4-2/h22,26-28,34,36,45-48,51-54H,3-21,23-25,29-33,35,37-44H2,1-2H3,(H,50,55)/b26-22-,28-27+,36-34+. The predicted molar refractivity (Wildman–Crippen MR) is 237 cm³/mol. The summed E-state index contributed by atoms with van der Waals surface area (Å²) >= 11 is 0. The third-order valence-electron chi connectivity index (χ3n) is 11.1. The van der Waals surface area contributed by atoms with Gasteiger partial charge >= 0.3 is 0 Å². The first-order chi connectivity index (χ1) is 27.0. The minimum atomic E-state index is -1.29. The van der Waals surface area contributed by atoms with E-state index in [2.05, 4.69) is 55.6 Å². The second-order valence-corrected chi connectivity index (χ2v) is 16.4. The Morgan fingerprint density at radius 2 is 0.764 bits per heavy atom. The molecule has 0 radical (unpaired) electrons. The normalized spacial score (nSPS) is 14.4. The van der Waals surface area contributed by atoms with Gasteiger partial charge in [0.25, 0.3) is 0 Å². The van der Waals surface area contributed by atoms with Crippen LogP contribution in [0.5, 0.6) is 0 Å². The fraction of sp³-hybridized carbons (Fsp3) is 0.857. The van der Waals surface area contributed by atoms with Crippen molar-refractivity contribution in [3.05, 3.63) is 36.5 Å². The molecule has 6 heteroatoms. The molecule has 0 aromatic rings. The average molecular weight is 776 g/mol. The van der Waals surface area contributed by atoms with Crippen molar-refractivity contribution in [1.82, 2.24) is 5.32 Å². The smallest absolute Gasteiger partial charge is 0.249 e. The number of hydrogen-bond donors (Lipinski definition) is 5.